The third-order valence-corrected chi connectivity index (χ3v) is 3.83. The van der Waals surface area contributed by atoms with Gasteiger partial charge in [-0.05, 0) is 49.4 Å². The third-order valence-electron chi connectivity index (χ3n) is 3.83. The molecule has 2 amide bonds. The number of esters is 1. The van der Waals surface area contributed by atoms with Crippen molar-refractivity contribution in [2.75, 3.05) is 10.6 Å². The number of hydrogen-bond donors (Lipinski definition) is 2. The smallest absolute Gasteiger partial charge is 0.338 e. The Morgan fingerprint density at radius 2 is 1.50 bits per heavy atom. The van der Waals surface area contributed by atoms with E-state index in [1.54, 1.807) is 48.7 Å². The van der Waals surface area contributed by atoms with Crippen LogP contribution in [-0.4, -0.2) is 33.9 Å². The number of amides is 2. The van der Waals surface area contributed by atoms with Crippen molar-refractivity contribution in [3.05, 3.63) is 60.4 Å². The molecule has 0 aliphatic rings. The van der Waals surface area contributed by atoms with Gasteiger partial charge < -0.3 is 15.4 Å². The Kier molecular flexibility index (Phi) is 5.59. The van der Waals surface area contributed by atoms with E-state index in [2.05, 4.69) is 20.6 Å². The second kappa shape index (κ2) is 8.26. The van der Waals surface area contributed by atoms with Crippen LogP contribution in [0.2, 0.25) is 0 Å². The van der Waals surface area contributed by atoms with Crippen LogP contribution in [0.15, 0.2) is 54.9 Å². The first-order chi connectivity index (χ1) is 13.4. The molecular formula is C20H18N4O4. The van der Waals surface area contributed by atoms with Crippen molar-refractivity contribution >= 4 is 40.2 Å². The van der Waals surface area contributed by atoms with Gasteiger partial charge in [0, 0.05) is 30.7 Å². The maximum absolute atomic E-state index is 12.3. The summed E-state index contributed by atoms with van der Waals surface area (Å²) < 4.78 is 5.24. The molecular weight excluding hydrogens is 360 g/mol. The van der Waals surface area contributed by atoms with Crippen LogP contribution in [-0.2, 0) is 14.3 Å². The molecule has 0 radical (unpaired) electrons. The van der Waals surface area contributed by atoms with E-state index in [-0.39, 0.29) is 11.5 Å². The minimum absolute atomic E-state index is 0.183. The number of benzene rings is 2. The minimum Gasteiger partial charge on any atom is -0.449 e. The summed E-state index contributed by atoms with van der Waals surface area (Å²) in [7, 11) is 0. The van der Waals surface area contributed by atoms with Crippen molar-refractivity contribution in [2.45, 2.75) is 20.0 Å². The van der Waals surface area contributed by atoms with Crippen molar-refractivity contribution in [1.82, 2.24) is 9.97 Å². The van der Waals surface area contributed by atoms with E-state index in [9.17, 15) is 14.4 Å². The number of fused-ring (bicyclic) bond motifs is 1. The highest BCUT2D eigenvalue weighted by molar-refractivity contribution is 5.98. The van der Waals surface area contributed by atoms with Gasteiger partial charge in [-0.25, -0.2) is 4.79 Å². The van der Waals surface area contributed by atoms with E-state index in [1.165, 1.54) is 20.0 Å². The second-order valence-electron chi connectivity index (χ2n) is 6.06. The van der Waals surface area contributed by atoms with Crippen LogP contribution in [0.1, 0.15) is 24.2 Å². The number of carbonyl (C=O) groups is 3. The third kappa shape index (κ3) is 4.67. The van der Waals surface area contributed by atoms with Crippen molar-refractivity contribution in [1.29, 1.82) is 0 Å². The van der Waals surface area contributed by atoms with E-state index in [0.29, 0.717) is 22.4 Å². The van der Waals surface area contributed by atoms with Gasteiger partial charge in [0.05, 0.1) is 16.6 Å². The molecule has 2 N–H and O–H groups in total. The predicted octanol–water partition coefficient (Wildman–Crippen LogP) is 2.77. The molecule has 1 heterocycles. The predicted molar refractivity (Wildman–Crippen MR) is 104 cm³/mol. The lowest BCUT2D eigenvalue weighted by molar-refractivity contribution is -0.123. The molecule has 0 aliphatic carbocycles. The minimum atomic E-state index is -1.000. The van der Waals surface area contributed by atoms with Crippen LogP contribution >= 0.6 is 0 Å². The van der Waals surface area contributed by atoms with Gasteiger partial charge in [-0.2, -0.15) is 0 Å². The SMILES string of the molecule is CC(=O)Nc1ccc(NC(=O)[C@H](C)OC(=O)c2ccc3nccnc3c2)cc1. The standard InChI is InChI=1S/C20H18N4O4/c1-12(19(26)24-16-6-4-15(5-7-16)23-13(2)25)28-20(27)14-3-8-17-18(11-14)22-10-9-21-17/h3-12H,1-2H3,(H,23,25)(H,24,26)/t12-/m0/s1. The molecule has 1 aromatic heterocycles. The number of anilines is 2. The largest absolute Gasteiger partial charge is 0.449 e. The summed E-state index contributed by atoms with van der Waals surface area (Å²) in [6.45, 7) is 2.90. The number of carbonyl (C=O) groups excluding carboxylic acids is 3. The van der Waals surface area contributed by atoms with Crippen molar-refractivity contribution in [3.63, 3.8) is 0 Å². The molecule has 1 atom stereocenters. The van der Waals surface area contributed by atoms with Gasteiger partial charge in [-0.3, -0.25) is 19.6 Å². The topological polar surface area (TPSA) is 110 Å². The summed E-state index contributed by atoms with van der Waals surface area (Å²) in [6.07, 6.45) is 2.10. The maximum Gasteiger partial charge on any atom is 0.338 e. The molecule has 28 heavy (non-hydrogen) atoms. The number of ether oxygens (including phenoxy) is 1. The molecule has 0 spiro atoms. The lowest BCUT2D eigenvalue weighted by Gasteiger charge is -2.14. The van der Waals surface area contributed by atoms with Crippen molar-refractivity contribution in [3.8, 4) is 0 Å². The zero-order chi connectivity index (χ0) is 20.1. The van der Waals surface area contributed by atoms with Crippen LogP contribution in [0.25, 0.3) is 11.0 Å². The summed E-state index contributed by atoms with van der Waals surface area (Å²) in [4.78, 5) is 43.9. The zero-order valence-corrected chi connectivity index (χ0v) is 15.3. The highest BCUT2D eigenvalue weighted by atomic mass is 16.5. The molecule has 142 valence electrons. The molecule has 3 aromatic rings. The molecule has 2 aromatic carbocycles. The molecule has 0 fully saturated rings. The second-order valence-corrected chi connectivity index (χ2v) is 6.06. The van der Waals surface area contributed by atoms with Gasteiger partial charge in [0.1, 0.15) is 0 Å². The number of hydrogen-bond acceptors (Lipinski definition) is 6. The van der Waals surface area contributed by atoms with Crippen LogP contribution in [0.3, 0.4) is 0 Å². The fraction of sp³-hybridized carbons (Fsp3) is 0.150. The van der Waals surface area contributed by atoms with Crippen molar-refractivity contribution < 1.29 is 19.1 Å². The van der Waals surface area contributed by atoms with E-state index >= 15 is 0 Å². The number of aromatic nitrogens is 2. The Bertz CT molecular complexity index is 1030. The quantitative estimate of drug-likeness (QED) is 0.661. The van der Waals surface area contributed by atoms with Gasteiger partial charge >= 0.3 is 5.97 Å². The van der Waals surface area contributed by atoms with Crippen molar-refractivity contribution in [2.24, 2.45) is 0 Å². The van der Waals surface area contributed by atoms with E-state index in [4.69, 9.17) is 4.74 Å². The molecule has 8 nitrogen and oxygen atoms in total. The highest BCUT2D eigenvalue weighted by Gasteiger charge is 2.19. The first-order valence-electron chi connectivity index (χ1n) is 8.52. The zero-order valence-electron chi connectivity index (χ0n) is 15.3. The Labute approximate surface area is 160 Å². The summed E-state index contributed by atoms with van der Waals surface area (Å²) in [6, 6.07) is 11.4. The molecule has 0 bridgehead atoms. The van der Waals surface area contributed by atoms with Gasteiger partial charge in [-0.1, -0.05) is 0 Å². The molecule has 0 saturated carbocycles. The Morgan fingerprint density at radius 1 is 0.893 bits per heavy atom. The van der Waals surface area contributed by atoms with Crippen LogP contribution in [0.5, 0.6) is 0 Å². The monoisotopic (exact) mass is 378 g/mol. The van der Waals surface area contributed by atoms with Gasteiger partial charge in [-0.15, -0.1) is 0 Å². The highest BCUT2D eigenvalue weighted by Crippen LogP contribution is 2.15. The lowest BCUT2D eigenvalue weighted by Crippen LogP contribution is -2.30. The number of nitrogens with zero attached hydrogens (tertiary/aromatic N) is 2. The van der Waals surface area contributed by atoms with Crippen LogP contribution in [0.4, 0.5) is 11.4 Å². The van der Waals surface area contributed by atoms with Crippen LogP contribution in [0, 0.1) is 0 Å². The Hall–Kier alpha value is -3.81. The average Bonchev–Trinajstić information content (AvgIpc) is 2.68. The normalized spacial score (nSPS) is 11.5. The molecule has 0 aliphatic heterocycles. The van der Waals surface area contributed by atoms with E-state index < -0.39 is 18.0 Å². The Morgan fingerprint density at radius 3 is 2.14 bits per heavy atom. The number of nitrogens with one attached hydrogen (secondary N) is 2. The first kappa shape index (κ1) is 19.0. The molecule has 0 saturated heterocycles. The van der Waals surface area contributed by atoms with Gasteiger partial charge in [0.2, 0.25) is 5.91 Å². The van der Waals surface area contributed by atoms with Gasteiger partial charge in [0.15, 0.2) is 6.10 Å². The van der Waals surface area contributed by atoms with E-state index in [1.807, 2.05) is 0 Å². The summed E-state index contributed by atoms with van der Waals surface area (Å²) >= 11 is 0. The van der Waals surface area contributed by atoms with Crippen LogP contribution < -0.4 is 10.6 Å². The fourth-order valence-electron chi connectivity index (χ4n) is 2.46. The number of rotatable bonds is 5. The van der Waals surface area contributed by atoms with Gasteiger partial charge in [0.25, 0.3) is 5.91 Å². The first-order valence-corrected chi connectivity index (χ1v) is 8.52. The Balaban J connectivity index is 1.61. The maximum atomic E-state index is 12.3. The summed E-state index contributed by atoms with van der Waals surface area (Å²) in [5.74, 6) is -1.28. The molecule has 8 heteroatoms. The molecule has 0 unspecified atom stereocenters. The summed E-state index contributed by atoms with van der Waals surface area (Å²) in [5, 5.41) is 5.29. The summed E-state index contributed by atoms with van der Waals surface area (Å²) in [5.41, 5.74) is 2.64. The average molecular weight is 378 g/mol. The fourth-order valence-corrected chi connectivity index (χ4v) is 2.46. The lowest BCUT2D eigenvalue weighted by atomic mass is 10.2. The van der Waals surface area contributed by atoms with E-state index in [0.717, 1.165) is 0 Å². The molecule has 3 rings (SSSR count).